The van der Waals surface area contributed by atoms with Crippen LogP contribution in [0.2, 0.25) is 0 Å². The van der Waals surface area contributed by atoms with Crippen LogP contribution in [0.4, 0.5) is 4.39 Å². The van der Waals surface area contributed by atoms with Crippen LogP contribution in [-0.4, -0.2) is 9.97 Å². The Hall–Kier alpha value is -2.07. The van der Waals surface area contributed by atoms with Crippen LogP contribution >= 0.6 is 11.3 Å². The molecule has 100 valence electrons. The molecule has 4 heteroatoms. The van der Waals surface area contributed by atoms with Crippen molar-refractivity contribution in [2.75, 3.05) is 0 Å². The van der Waals surface area contributed by atoms with Crippen molar-refractivity contribution in [2.24, 2.45) is 0 Å². The van der Waals surface area contributed by atoms with Gasteiger partial charge in [-0.2, -0.15) is 0 Å². The highest BCUT2D eigenvalue weighted by Gasteiger charge is 2.06. The summed E-state index contributed by atoms with van der Waals surface area (Å²) in [7, 11) is 0. The van der Waals surface area contributed by atoms with Crippen molar-refractivity contribution in [3.8, 4) is 22.5 Å². The van der Waals surface area contributed by atoms with Crippen molar-refractivity contribution < 1.29 is 4.39 Å². The van der Waals surface area contributed by atoms with Gasteiger partial charge in [0.05, 0.1) is 16.4 Å². The third-order valence-corrected chi connectivity index (χ3v) is 3.92. The molecular formula is C16H13FN2S. The van der Waals surface area contributed by atoms with Gasteiger partial charge in [0.1, 0.15) is 5.82 Å². The van der Waals surface area contributed by atoms with E-state index in [0.29, 0.717) is 0 Å². The number of hydrogen-bond donors (Lipinski definition) is 0. The van der Waals surface area contributed by atoms with Crippen LogP contribution in [0.1, 0.15) is 10.6 Å². The van der Waals surface area contributed by atoms with Crippen molar-refractivity contribution >= 4 is 11.3 Å². The number of halogens is 1. The molecule has 1 aromatic carbocycles. The number of pyridine rings is 1. The molecule has 0 aliphatic heterocycles. The van der Waals surface area contributed by atoms with Crippen LogP contribution in [0.25, 0.3) is 22.5 Å². The number of aromatic nitrogens is 2. The lowest BCUT2D eigenvalue weighted by molar-refractivity contribution is 0.627. The van der Waals surface area contributed by atoms with E-state index in [2.05, 4.69) is 9.97 Å². The van der Waals surface area contributed by atoms with Gasteiger partial charge in [0.2, 0.25) is 0 Å². The van der Waals surface area contributed by atoms with E-state index in [1.54, 1.807) is 17.4 Å². The molecular weight excluding hydrogens is 271 g/mol. The molecule has 0 saturated carbocycles. The maximum absolute atomic E-state index is 13.1. The largest absolute Gasteiger partial charge is 0.256 e. The molecule has 0 bridgehead atoms. The predicted octanol–water partition coefficient (Wildman–Crippen LogP) is 4.63. The van der Waals surface area contributed by atoms with E-state index in [4.69, 9.17) is 0 Å². The summed E-state index contributed by atoms with van der Waals surface area (Å²) in [6.45, 7) is 3.87. The molecule has 0 fully saturated rings. The fourth-order valence-corrected chi connectivity index (χ4v) is 2.74. The molecule has 0 radical (unpaired) electrons. The second-order valence-electron chi connectivity index (χ2n) is 4.64. The van der Waals surface area contributed by atoms with Gasteiger partial charge in [-0.15, -0.1) is 11.3 Å². The zero-order chi connectivity index (χ0) is 14.1. The molecule has 2 aromatic heterocycles. The minimum atomic E-state index is -0.221. The highest BCUT2D eigenvalue weighted by Crippen LogP contribution is 2.25. The molecule has 3 aromatic rings. The van der Waals surface area contributed by atoms with Crippen LogP contribution in [0, 0.1) is 19.7 Å². The van der Waals surface area contributed by atoms with Crippen molar-refractivity contribution in [1.29, 1.82) is 0 Å². The van der Waals surface area contributed by atoms with E-state index in [9.17, 15) is 4.39 Å². The Morgan fingerprint density at radius 1 is 1.05 bits per heavy atom. The van der Waals surface area contributed by atoms with Gasteiger partial charge in [0.15, 0.2) is 0 Å². The first-order valence-electron chi connectivity index (χ1n) is 6.28. The Kier molecular flexibility index (Phi) is 3.32. The van der Waals surface area contributed by atoms with E-state index in [1.807, 2.05) is 37.6 Å². The Bertz CT molecular complexity index is 747. The number of hydrogen-bond acceptors (Lipinski definition) is 3. The molecule has 0 aliphatic carbocycles. The minimum Gasteiger partial charge on any atom is -0.256 e. The Labute approximate surface area is 121 Å². The van der Waals surface area contributed by atoms with Gasteiger partial charge in [-0.3, -0.25) is 4.98 Å². The molecule has 2 heterocycles. The highest BCUT2D eigenvalue weighted by molar-refractivity contribution is 7.09. The standard InChI is InChI=1S/C16H13FN2S/c1-10-7-13(17)4-5-14(10)15-6-3-12(8-18-15)16-9-20-11(2)19-16/h3-9H,1-2H3. The fraction of sp³-hybridized carbons (Fsp3) is 0.125. The van der Waals surface area contributed by atoms with Crippen molar-refractivity contribution in [3.05, 3.63) is 58.3 Å². The molecule has 0 N–H and O–H groups in total. The Balaban J connectivity index is 1.97. The van der Waals surface area contributed by atoms with Crippen LogP contribution in [0.15, 0.2) is 41.9 Å². The molecule has 2 nitrogen and oxygen atoms in total. The topological polar surface area (TPSA) is 25.8 Å². The van der Waals surface area contributed by atoms with Gasteiger partial charge in [-0.05, 0) is 49.7 Å². The van der Waals surface area contributed by atoms with E-state index >= 15 is 0 Å². The van der Waals surface area contributed by atoms with Gasteiger partial charge in [-0.1, -0.05) is 0 Å². The van der Waals surface area contributed by atoms with E-state index in [1.165, 1.54) is 12.1 Å². The summed E-state index contributed by atoms with van der Waals surface area (Å²) in [6, 6.07) is 8.69. The van der Waals surface area contributed by atoms with E-state index in [-0.39, 0.29) is 5.82 Å². The normalized spacial score (nSPS) is 10.8. The van der Waals surface area contributed by atoms with E-state index < -0.39 is 0 Å². The van der Waals surface area contributed by atoms with Crippen LogP contribution in [0.3, 0.4) is 0 Å². The maximum atomic E-state index is 13.1. The maximum Gasteiger partial charge on any atom is 0.123 e. The average Bonchev–Trinajstić information content (AvgIpc) is 2.86. The van der Waals surface area contributed by atoms with Gasteiger partial charge >= 0.3 is 0 Å². The monoisotopic (exact) mass is 284 g/mol. The molecule has 0 atom stereocenters. The van der Waals surface area contributed by atoms with Crippen LogP contribution in [-0.2, 0) is 0 Å². The van der Waals surface area contributed by atoms with Crippen LogP contribution in [0.5, 0.6) is 0 Å². The van der Waals surface area contributed by atoms with Gasteiger partial charge in [-0.25, -0.2) is 9.37 Å². The van der Waals surface area contributed by atoms with Crippen molar-refractivity contribution in [3.63, 3.8) is 0 Å². The zero-order valence-corrected chi connectivity index (χ0v) is 12.0. The first-order valence-corrected chi connectivity index (χ1v) is 7.16. The van der Waals surface area contributed by atoms with Crippen molar-refractivity contribution in [2.45, 2.75) is 13.8 Å². The quantitative estimate of drug-likeness (QED) is 0.685. The SMILES string of the molecule is Cc1nc(-c2ccc(-c3ccc(F)cc3C)nc2)cs1. The molecule has 0 amide bonds. The number of aryl methyl sites for hydroxylation is 2. The first-order chi connectivity index (χ1) is 9.63. The first kappa shape index (κ1) is 12.9. The van der Waals surface area contributed by atoms with Gasteiger partial charge in [0.25, 0.3) is 0 Å². The van der Waals surface area contributed by atoms with Gasteiger partial charge < -0.3 is 0 Å². The van der Waals surface area contributed by atoms with Gasteiger partial charge in [0, 0.05) is 22.7 Å². The second-order valence-corrected chi connectivity index (χ2v) is 5.71. The summed E-state index contributed by atoms with van der Waals surface area (Å²) >= 11 is 1.62. The number of rotatable bonds is 2. The third kappa shape index (κ3) is 2.47. The summed E-state index contributed by atoms with van der Waals surface area (Å²) in [5.74, 6) is -0.221. The summed E-state index contributed by atoms with van der Waals surface area (Å²) in [6.07, 6.45) is 1.81. The molecule has 0 saturated heterocycles. The lowest BCUT2D eigenvalue weighted by atomic mass is 10.0. The summed E-state index contributed by atoms with van der Waals surface area (Å²) in [5.41, 5.74) is 4.63. The molecule has 0 aliphatic rings. The fourth-order valence-electron chi connectivity index (χ4n) is 2.12. The molecule has 0 unspecified atom stereocenters. The van der Waals surface area contributed by atoms with Crippen molar-refractivity contribution in [1.82, 2.24) is 9.97 Å². The number of nitrogens with zero attached hydrogens (tertiary/aromatic N) is 2. The summed E-state index contributed by atoms with van der Waals surface area (Å²) < 4.78 is 13.1. The Morgan fingerprint density at radius 2 is 1.90 bits per heavy atom. The number of thiazole rings is 1. The third-order valence-electron chi connectivity index (χ3n) is 3.14. The molecule has 3 rings (SSSR count). The summed E-state index contributed by atoms with van der Waals surface area (Å²) in [5, 5.41) is 3.06. The lowest BCUT2D eigenvalue weighted by Crippen LogP contribution is -1.89. The Morgan fingerprint density at radius 3 is 2.50 bits per heavy atom. The van der Waals surface area contributed by atoms with E-state index in [0.717, 1.165) is 33.1 Å². The smallest absolute Gasteiger partial charge is 0.123 e. The predicted molar refractivity (Wildman–Crippen MR) is 80.2 cm³/mol. The molecule has 0 spiro atoms. The second kappa shape index (κ2) is 5.13. The average molecular weight is 284 g/mol. The lowest BCUT2D eigenvalue weighted by Gasteiger charge is -2.06. The number of benzene rings is 1. The van der Waals surface area contributed by atoms with Crippen LogP contribution < -0.4 is 0 Å². The zero-order valence-electron chi connectivity index (χ0n) is 11.2. The minimum absolute atomic E-state index is 0.221. The molecule has 20 heavy (non-hydrogen) atoms. The highest BCUT2D eigenvalue weighted by atomic mass is 32.1. The summed E-state index contributed by atoms with van der Waals surface area (Å²) in [4.78, 5) is 8.91.